The zero-order valence-electron chi connectivity index (χ0n) is 9.25. The summed E-state index contributed by atoms with van der Waals surface area (Å²) in [6.07, 6.45) is 3.73. The van der Waals surface area contributed by atoms with Gasteiger partial charge in [0.1, 0.15) is 0 Å². The van der Waals surface area contributed by atoms with Gasteiger partial charge in [0, 0.05) is 20.6 Å². The number of nitrogens with zero attached hydrogens (tertiary/aromatic N) is 2. The minimum Gasteiger partial charge on any atom is -0.338 e. The first-order chi connectivity index (χ1) is 6.70. The van der Waals surface area contributed by atoms with E-state index in [1.165, 1.54) is 25.9 Å². The molecule has 0 unspecified atom stereocenters. The number of carbonyl (C=O) groups is 1. The third kappa shape index (κ3) is 3.96. The molecule has 4 nitrogen and oxygen atoms in total. The molecule has 0 atom stereocenters. The molecule has 1 rings (SSSR count). The molecule has 0 bridgehead atoms. The highest BCUT2D eigenvalue weighted by atomic mass is 16.2. The molecule has 0 radical (unpaired) electrons. The Hall–Kier alpha value is -0.770. The Morgan fingerprint density at radius 1 is 1.36 bits per heavy atom. The van der Waals surface area contributed by atoms with E-state index in [-0.39, 0.29) is 6.03 Å². The summed E-state index contributed by atoms with van der Waals surface area (Å²) < 4.78 is 0. The van der Waals surface area contributed by atoms with Crippen molar-refractivity contribution in [1.82, 2.24) is 15.1 Å². The van der Waals surface area contributed by atoms with Gasteiger partial charge in [-0.2, -0.15) is 0 Å². The number of hydrogen-bond donors (Lipinski definition) is 1. The molecule has 0 aliphatic carbocycles. The summed E-state index contributed by atoms with van der Waals surface area (Å²) in [5.74, 6) is 0. The van der Waals surface area contributed by atoms with E-state index in [9.17, 15) is 4.79 Å². The first-order valence-electron chi connectivity index (χ1n) is 5.37. The summed E-state index contributed by atoms with van der Waals surface area (Å²) in [4.78, 5) is 15.2. The fourth-order valence-corrected chi connectivity index (χ4v) is 1.66. The molecule has 2 amide bonds. The summed E-state index contributed by atoms with van der Waals surface area (Å²) in [6.45, 7) is 4.38. The van der Waals surface area contributed by atoms with Gasteiger partial charge >= 0.3 is 6.03 Å². The number of likely N-dealkylation sites (tertiary alicyclic amines) is 1. The van der Waals surface area contributed by atoms with Crippen LogP contribution in [0.1, 0.15) is 19.3 Å². The Morgan fingerprint density at radius 2 is 2.00 bits per heavy atom. The number of urea groups is 1. The van der Waals surface area contributed by atoms with Crippen LogP contribution in [0.25, 0.3) is 0 Å². The van der Waals surface area contributed by atoms with Crippen molar-refractivity contribution >= 4 is 6.03 Å². The minimum absolute atomic E-state index is 0.00595. The number of carbonyl (C=O) groups excluding carboxylic acids is 1. The van der Waals surface area contributed by atoms with E-state index in [2.05, 4.69) is 10.2 Å². The maximum atomic E-state index is 11.1. The molecule has 0 spiro atoms. The SMILES string of the molecule is CN(C)C(=O)NCCCN1CCCC1. The van der Waals surface area contributed by atoms with Crippen molar-refractivity contribution in [3.63, 3.8) is 0 Å². The Balaban J connectivity index is 1.96. The Kier molecular flexibility index (Phi) is 4.73. The van der Waals surface area contributed by atoms with E-state index in [0.717, 1.165) is 19.5 Å². The van der Waals surface area contributed by atoms with E-state index >= 15 is 0 Å². The van der Waals surface area contributed by atoms with E-state index < -0.39 is 0 Å². The third-order valence-electron chi connectivity index (χ3n) is 2.53. The number of nitrogens with one attached hydrogen (secondary N) is 1. The van der Waals surface area contributed by atoms with Crippen LogP contribution in [0, 0.1) is 0 Å². The molecule has 1 aliphatic rings. The quantitative estimate of drug-likeness (QED) is 0.678. The molecule has 82 valence electrons. The zero-order chi connectivity index (χ0) is 10.4. The third-order valence-corrected chi connectivity index (χ3v) is 2.53. The fraction of sp³-hybridized carbons (Fsp3) is 0.900. The highest BCUT2D eigenvalue weighted by Gasteiger charge is 2.10. The second-order valence-corrected chi connectivity index (χ2v) is 4.03. The highest BCUT2D eigenvalue weighted by molar-refractivity contribution is 5.73. The number of hydrogen-bond acceptors (Lipinski definition) is 2. The standard InChI is InChI=1S/C10H21N3O/c1-12(2)10(14)11-6-5-9-13-7-3-4-8-13/h3-9H2,1-2H3,(H,11,14). The van der Waals surface area contributed by atoms with Crippen molar-refractivity contribution < 1.29 is 4.79 Å². The minimum atomic E-state index is 0.00595. The van der Waals surface area contributed by atoms with Gasteiger partial charge in [0.05, 0.1) is 0 Å². The Labute approximate surface area is 86.2 Å². The average molecular weight is 199 g/mol. The zero-order valence-corrected chi connectivity index (χ0v) is 9.25. The Bertz CT molecular complexity index is 176. The maximum absolute atomic E-state index is 11.1. The average Bonchev–Trinajstić information content (AvgIpc) is 2.64. The van der Waals surface area contributed by atoms with Crippen LogP contribution in [0.3, 0.4) is 0 Å². The molecule has 1 aliphatic heterocycles. The molecule has 14 heavy (non-hydrogen) atoms. The van der Waals surface area contributed by atoms with Crippen molar-refractivity contribution in [1.29, 1.82) is 0 Å². The van der Waals surface area contributed by atoms with Crippen molar-refractivity contribution in [2.24, 2.45) is 0 Å². The van der Waals surface area contributed by atoms with Gasteiger partial charge in [0.2, 0.25) is 0 Å². The van der Waals surface area contributed by atoms with E-state index in [4.69, 9.17) is 0 Å². The Morgan fingerprint density at radius 3 is 2.57 bits per heavy atom. The van der Waals surface area contributed by atoms with Gasteiger partial charge in [0.15, 0.2) is 0 Å². The molecule has 0 aromatic rings. The lowest BCUT2D eigenvalue weighted by atomic mass is 10.4. The van der Waals surface area contributed by atoms with Gasteiger partial charge in [-0.25, -0.2) is 4.79 Å². The second-order valence-electron chi connectivity index (χ2n) is 4.03. The van der Waals surface area contributed by atoms with Crippen LogP contribution in [0.5, 0.6) is 0 Å². The number of amides is 2. The van der Waals surface area contributed by atoms with Crippen LogP contribution in [-0.4, -0.2) is 56.1 Å². The maximum Gasteiger partial charge on any atom is 0.316 e. The summed E-state index contributed by atoms with van der Waals surface area (Å²) in [5, 5.41) is 2.87. The van der Waals surface area contributed by atoms with Gasteiger partial charge in [-0.15, -0.1) is 0 Å². The van der Waals surface area contributed by atoms with Crippen LogP contribution < -0.4 is 5.32 Å². The fourth-order valence-electron chi connectivity index (χ4n) is 1.66. The predicted octanol–water partition coefficient (Wildman–Crippen LogP) is 0.744. The lowest BCUT2D eigenvalue weighted by molar-refractivity contribution is 0.216. The molecule has 1 heterocycles. The molecular formula is C10H21N3O. The van der Waals surface area contributed by atoms with E-state index in [0.29, 0.717) is 0 Å². The summed E-state index contributed by atoms with van der Waals surface area (Å²) in [7, 11) is 3.52. The van der Waals surface area contributed by atoms with Crippen LogP contribution in [0.15, 0.2) is 0 Å². The van der Waals surface area contributed by atoms with Gasteiger partial charge < -0.3 is 15.1 Å². The van der Waals surface area contributed by atoms with Gasteiger partial charge in [-0.05, 0) is 38.9 Å². The molecule has 0 saturated carbocycles. The van der Waals surface area contributed by atoms with Crippen LogP contribution in [-0.2, 0) is 0 Å². The summed E-state index contributed by atoms with van der Waals surface area (Å²) in [5.41, 5.74) is 0. The largest absolute Gasteiger partial charge is 0.338 e. The monoisotopic (exact) mass is 199 g/mol. The normalized spacial score (nSPS) is 17.0. The lowest BCUT2D eigenvalue weighted by Crippen LogP contribution is -2.36. The van der Waals surface area contributed by atoms with Crippen molar-refractivity contribution in [3.8, 4) is 0 Å². The summed E-state index contributed by atoms with van der Waals surface area (Å²) >= 11 is 0. The predicted molar refractivity (Wildman–Crippen MR) is 57.4 cm³/mol. The van der Waals surface area contributed by atoms with E-state index in [1.807, 2.05) is 0 Å². The number of rotatable bonds is 4. The van der Waals surface area contributed by atoms with Gasteiger partial charge in [-0.3, -0.25) is 0 Å². The van der Waals surface area contributed by atoms with Crippen molar-refractivity contribution in [2.45, 2.75) is 19.3 Å². The van der Waals surface area contributed by atoms with Crippen LogP contribution >= 0.6 is 0 Å². The van der Waals surface area contributed by atoms with Crippen molar-refractivity contribution in [2.75, 3.05) is 40.3 Å². The first kappa shape index (κ1) is 11.3. The molecule has 0 aromatic carbocycles. The molecule has 1 saturated heterocycles. The second kappa shape index (κ2) is 5.86. The topological polar surface area (TPSA) is 35.6 Å². The molecule has 4 heteroatoms. The highest BCUT2D eigenvalue weighted by Crippen LogP contribution is 2.06. The summed E-state index contributed by atoms with van der Waals surface area (Å²) in [6, 6.07) is 0.00595. The molecule has 0 aromatic heterocycles. The molecule has 1 fully saturated rings. The van der Waals surface area contributed by atoms with E-state index in [1.54, 1.807) is 19.0 Å². The van der Waals surface area contributed by atoms with Crippen molar-refractivity contribution in [3.05, 3.63) is 0 Å². The van der Waals surface area contributed by atoms with Gasteiger partial charge in [-0.1, -0.05) is 0 Å². The smallest absolute Gasteiger partial charge is 0.316 e. The molecular weight excluding hydrogens is 178 g/mol. The first-order valence-corrected chi connectivity index (χ1v) is 5.37. The molecule has 1 N–H and O–H groups in total. The van der Waals surface area contributed by atoms with Crippen LogP contribution in [0.2, 0.25) is 0 Å². The van der Waals surface area contributed by atoms with Crippen LogP contribution in [0.4, 0.5) is 4.79 Å². The van der Waals surface area contributed by atoms with Gasteiger partial charge in [0.25, 0.3) is 0 Å². The lowest BCUT2D eigenvalue weighted by Gasteiger charge is -2.15.